The summed E-state index contributed by atoms with van der Waals surface area (Å²) in [4.78, 5) is 1.34. The van der Waals surface area contributed by atoms with Crippen LogP contribution in [0.2, 0.25) is 0 Å². The Morgan fingerprint density at radius 1 is 1.38 bits per heavy atom. The minimum atomic E-state index is 0.264. The summed E-state index contributed by atoms with van der Waals surface area (Å²) < 4.78 is 5.01. The summed E-state index contributed by atoms with van der Waals surface area (Å²) in [5, 5.41) is 0. The van der Waals surface area contributed by atoms with Crippen LogP contribution in [-0.4, -0.2) is 25.5 Å². The highest BCUT2D eigenvalue weighted by Gasteiger charge is 2.04. The number of aryl methyl sites for hydroxylation is 1. The lowest BCUT2D eigenvalue weighted by Gasteiger charge is -2.11. The molecule has 0 saturated heterocycles. The van der Waals surface area contributed by atoms with Crippen molar-refractivity contribution in [3.05, 3.63) is 29.8 Å². The minimum Gasteiger partial charge on any atom is -0.385 e. The molecule has 0 radical (unpaired) electrons. The molecule has 0 fully saturated rings. The second-order valence-electron chi connectivity index (χ2n) is 3.97. The summed E-state index contributed by atoms with van der Waals surface area (Å²) >= 11 is 1.85. The number of rotatable bonds is 7. The first kappa shape index (κ1) is 13.6. The van der Waals surface area contributed by atoms with Crippen molar-refractivity contribution in [2.24, 2.45) is 5.73 Å². The van der Waals surface area contributed by atoms with Gasteiger partial charge < -0.3 is 10.5 Å². The zero-order valence-electron chi connectivity index (χ0n) is 10.1. The molecule has 3 heteroatoms. The van der Waals surface area contributed by atoms with E-state index >= 15 is 0 Å². The second kappa shape index (κ2) is 7.71. The van der Waals surface area contributed by atoms with Crippen molar-refractivity contribution >= 4 is 11.8 Å². The Kier molecular flexibility index (Phi) is 6.53. The van der Waals surface area contributed by atoms with E-state index in [4.69, 9.17) is 10.5 Å². The molecule has 0 spiro atoms. The summed E-state index contributed by atoms with van der Waals surface area (Å²) in [7, 11) is 1.73. The van der Waals surface area contributed by atoms with E-state index in [2.05, 4.69) is 31.2 Å². The minimum absolute atomic E-state index is 0.264. The highest BCUT2D eigenvalue weighted by molar-refractivity contribution is 7.99. The predicted octanol–water partition coefficient (Wildman–Crippen LogP) is 2.84. The van der Waals surface area contributed by atoms with Crippen molar-refractivity contribution in [2.75, 3.05) is 19.5 Å². The monoisotopic (exact) mass is 239 g/mol. The molecule has 2 N–H and O–H groups in total. The van der Waals surface area contributed by atoms with Crippen molar-refractivity contribution in [1.29, 1.82) is 0 Å². The summed E-state index contributed by atoms with van der Waals surface area (Å²) in [6.45, 7) is 2.95. The number of hydrogen-bond acceptors (Lipinski definition) is 3. The highest BCUT2D eigenvalue weighted by Crippen LogP contribution is 2.22. The Labute approximate surface area is 103 Å². The number of nitrogens with two attached hydrogens (primary N) is 1. The summed E-state index contributed by atoms with van der Waals surface area (Å²) in [6.07, 6.45) is 2.08. The van der Waals surface area contributed by atoms with Crippen LogP contribution in [-0.2, 0) is 4.74 Å². The Morgan fingerprint density at radius 2 is 2.12 bits per heavy atom. The molecule has 1 aromatic carbocycles. The molecule has 0 bridgehead atoms. The lowest BCUT2D eigenvalue weighted by molar-refractivity contribution is 0.191. The summed E-state index contributed by atoms with van der Waals surface area (Å²) in [5.74, 6) is 0.981. The van der Waals surface area contributed by atoms with Crippen molar-refractivity contribution in [1.82, 2.24) is 0 Å². The fourth-order valence-electron chi connectivity index (χ4n) is 1.49. The average Bonchev–Trinajstić information content (AvgIpc) is 2.28. The maximum atomic E-state index is 6.04. The molecule has 0 aliphatic carbocycles. The zero-order chi connectivity index (χ0) is 11.8. The summed E-state index contributed by atoms with van der Waals surface area (Å²) in [6, 6.07) is 8.70. The van der Waals surface area contributed by atoms with E-state index in [1.165, 1.54) is 10.5 Å². The first-order valence-corrected chi connectivity index (χ1v) is 6.65. The van der Waals surface area contributed by atoms with Gasteiger partial charge in [-0.25, -0.2) is 0 Å². The Balaban J connectivity index is 2.26. The SMILES string of the molecule is COCCCC(N)CSc1ccccc1C. The van der Waals surface area contributed by atoms with Crippen LogP contribution < -0.4 is 5.73 Å². The third kappa shape index (κ3) is 5.01. The van der Waals surface area contributed by atoms with E-state index < -0.39 is 0 Å². The molecule has 0 heterocycles. The largest absolute Gasteiger partial charge is 0.385 e. The predicted molar refractivity (Wildman–Crippen MR) is 71.0 cm³/mol. The van der Waals surface area contributed by atoms with Crippen LogP contribution in [0, 0.1) is 6.92 Å². The third-order valence-electron chi connectivity index (χ3n) is 2.47. The average molecular weight is 239 g/mol. The maximum absolute atomic E-state index is 6.04. The van der Waals surface area contributed by atoms with Gasteiger partial charge in [0, 0.05) is 30.4 Å². The molecular formula is C13H21NOS. The van der Waals surface area contributed by atoms with Crippen LogP contribution >= 0.6 is 11.8 Å². The topological polar surface area (TPSA) is 35.2 Å². The quantitative estimate of drug-likeness (QED) is 0.587. The number of methoxy groups -OCH3 is 1. The van der Waals surface area contributed by atoms with Crippen molar-refractivity contribution in [2.45, 2.75) is 30.7 Å². The highest BCUT2D eigenvalue weighted by atomic mass is 32.2. The van der Waals surface area contributed by atoms with Gasteiger partial charge in [0.1, 0.15) is 0 Å². The van der Waals surface area contributed by atoms with Crippen LogP contribution in [0.3, 0.4) is 0 Å². The first-order valence-electron chi connectivity index (χ1n) is 5.67. The normalized spacial score (nSPS) is 12.7. The Bertz CT molecular complexity index is 304. The lowest BCUT2D eigenvalue weighted by Crippen LogP contribution is -2.23. The zero-order valence-corrected chi connectivity index (χ0v) is 10.9. The number of benzene rings is 1. The van der Waals surface area contributed by atoms with E-state index in [9.17, 15) is 0 Å². The molecule has 1 aromatic rings. The molecule has 90 valence electrons. The molecule has 2 nitrogen and oxygen atoms in total. The molecular weight excluding hydrogens is 218 g/mol. The number of thioether (sulfide) groups is 1. The van der Waals surface area contributed by atoms with Gasteiger partial charge in [-0.3, -0.25) is 0 Å². The van der Waals surface area contributed by atoms with E-state index in [1.54, 1.807) is 7.11 Å². The van der Waals surface area contributed by atoms with Gasteiger partial charge >= 0.3 is 0 Å². The molecule has 0 aliphatic rings. The van der Waals surface area contributed by atoms with Gasteiger partial charge in [0.05, 0.1) is 0 Å². The standard InChI is InChI=1S/C13H21NOS/c1-11-6-3-4-8-13(11)16-10-12(14)7-5-9-15-2/h3-4,6,8,12H,5,7,9-10,14H2,1-2H3. The number of ether oxygens (including phenoxy) is 1. The maximum Gasteiger partial charge on any atom is 0.0462 e. The van der Waals surface area contributed by atoms with Crippen molar-refractivity contribution in [3.8, 4) is 0 Å². The molecule has 16 heavy (non-hydrogen) atoms. The molecule has 1 atom stereocenters. The van der Waals surface area contributed by atoms with Gasteiger partial charge in [-0.15, -0.1) is 11.8 Å². The van der Waals surface area contributed by atoms with Crippen LogP contribution in [0.1, 0.15) is 18.4 Å². The second-order valence-corrected chi connectivity index (χ2v) is 5.03. The Morgan fingerprint density at radius 3 is 2.81 bits per heavy atom. The lowest BCUT2D eigenvalue weighted by atomic mass is 10.2. The fraction of sp³-hybridized carbons (Fsp3) is 0.538. The molecule has 0 amide bonds. The first-order chi connectivity index (χ1) is 7.74. The van der Waals surface area contributed by atoms with E-state index in [0.717, 1.165) is 25.2 Å². The van der Waals surface area contributed by atoms with Gasteiger partial charge in [0.15, 0.2) is 0 Å². The van der Waals surface area contributed by atoms with Gasteiger partial charge in [-0.1, -0.05) is 18.2 Å². The van der Waals surface area contributed by atoms with E-state index in [0.29, 0.717) is 0 Å². The van der Waals surface area contributed by atoms with Gasteiger partial charge in [0.25, 0.3) is 0 Å². The fourth-order valence-corrected chi connectivity index (χ4v) is 2.52. The van der Waals surface area contributed by atoms with Crippen LogP contribution in [0.15, 0.2) is 29.2 Å². The molecule has 1 unspecified atom stereocenters. The third-order valence-corrected chi connectivity index (χ3v) is 3.83. The van der Waals surface area contributed by atoms with E-state index in [1.807, 2.05) is 11.8 Å². The molecule has 0 saturated carbocycles. The Hall–Kier alpha value is -0.510. The van der Waals surface area contributed by atoms with Gasteiger partial charge in [-0.2, -0.15) is 0 Å². The van der Waals surface area contributed by atoms with Crippen LogP contribution in [0.25, 0.3) is 0 Å². The molecule has 1 rings (SSSR count). The van der Waals surface area contributed by atoms with E-state index in [-0.39, 0.29) is 6.04 Å². The van der Waals surface area contributed by atoms with Gasteiger partial charge in [-0.05, 0) is 31.4 Å². The van der Waals surface area contributed by atoms with Gasteiger partial charge in [0.2, 0.25) is 0 Å². The smallest absolute Gasteiger partial charge is 0.0462 e. The molecule has 0 aliphatic heterocycles. The van der Waals surface area contributed by atoms with Crippen LogP contribution in [0.5, 0.6) is 0 Å². The number of hydrogen-bond donors (Lipinski definition) is 1. The van der Waals surface area contributed by atoms with Crippen molar-refractivity contribution in [3.63, 3.8) is 0 Å². The summed E-state index contributed by atoms with van der Waals surface area (Å²) in [5.41, 5.74) is 7.37. The van der Waals surface area contributed by atoms with Crippen molar-refractivity contribution < 1.29 is 4.74 Å². The van der Waals surface area contributed by atoms with Crippen LogP contribution in [0.4, 0.5) is 0 Å². The molecule has 0 aromatic heterocycles.